The molecule has 0 bridgehead atoms. The molecular formula is C17H17ClN2O4. The van der Waals surface area contributed by atoms with Crippen LogP contribution in [0.2, 0.25) is 5.02 Å². The maximum atomic E-state index is 12.1. The van der Waals surface area contributed by atoms with Crippen molar-refractivity contribution in [2.24, 2.45) is 0 Å². The molecule has 126 valence electrons. The summed E-state index contributed by atoms with van der Waals surface area (Å²) in [7, 11) is 1.62. The van der Waals surface area contributed by atoms with E-state index in [0.29, 0.717) is 6.54 Å². The van der Waals surface area contributed by atoms with E-state index in [0.717, 1.165) is 24.2 Å². The number of nitro groups is 1. The first-order valence-corrected chi connectivity index (χ1v) is 7.74. The number of hydrogen-bond acceptors (Lipinski definition) is 4. The minimum absolute atomic E-state index is 0.0643. The number of non-ortho nitro benzene ring substituents is 1. The largest absolute Gasteiger partial charge is 0.497 e. The van der Waals surface area contributed by atoms with Gasteiger partial charge < -0.3 is 10.1 Å². The summed E-state index contributed by atoms with van der Waals surface area (Å²) in [6.07, 6.45) is 1.55. The van der Waals surface area contributed by atoms with Gasteiger partial charge in [0.05, 0.1) is 22.6 Å². The van der Waals surface area contributed by atoms with Crippen molar-refractivity contribution < 1.29 is 14.5 Å². The van der Waals surface area contributed by atoms with E-state index in [9.17, 15) is 14.9 Å². The van der Waals surface area contributed by atoms with Gasteiger partial charge in [0.1, 0.15) is 5.75 Å². The molecular weight excluding hydrogens is 332 g/mol. The number of carbonyl (C=O) groups is 1. The maximum Gasteiger partial charge on any atom is 0.270 e. The maximum absolute atomic E-state index is 12.1. The highest BCUT2D eigenvalue weighted by Gasteiger charge is 2.14. The fourth-order valence-corrected chi connectivity index (χ4v) is 2.48. The number of nitrogens with zero attached hydrogens (tertiary/aromatic N) is 1. The summed E-state index contributed by atoms with van der Waals surface area (Å²) in [6, 6.07) is 11.5. The molecule has 2 rings (SSSR count). The van der Waals surface area contributed by atoms with E-state index in [1.54, 1.807) is 7.11 Å². The number of nitro benzene ring substituents is 1. The van der Waals surface area contributed by atoms with Crippen molar-refractivity contribution in [1.82, 2.24) is 5.32 Å². The molecule has 0 unspecified atom stereocenters. The van der Waals surface area contributed by atoms with Gasteiger partial charge in [-0.05, 0) is 36.6 Å². The lowest BCUT2D eigenvalue weighted by molar-refractivity contribution is -0.384. The molecule has 7 heteroatoms. The highest BCUT2D eigenvalue weighted by atomic mass is 35.5. The molecule has 2 aromatic carbocycles. The van der Waals surface area contributed by atoms with Crippen LogP contribution in [0, 0.1) is 10.1 Å². The van der Waals surface area contributed by atoms with Gasteiger partial charge in [0.15, 0.2) is 0 Å². The molecule has 0 aliphatic heterocycles. The number of halogens is 1. The van der Waals surface area contributed by atoms with Crippen LogP contribution in [0.4, 0.5) is 5.69 Å². The lowest BCUT2D eigenvalue weighted by Gasteiger charge is -2.07. The Bertz CT molecular complexity index is 749. The number of hydrogen-bond donors (Lipinski definition) is 1. The lowest BCUT2D eigenvalue weighted by atomic mass is 10.1. The second-order valence-corrected chi connectivity index (χ2v) is 5.54. The van der Waals surface area contributed by atoms with Crippen LogP contribution in [0.3, 0.4) is 0 Å². The second-order valence-electron chi connectivity index (χ2n) is 5.13. The molecule has 0 aliphatic carbocycles. The SMILES string of the molecule is COc1cccc(CCCNC(=O)c2ccc([N+](=O)[O-])cc2Cl)c1. The van der Waals surface area contributed by atoms with Crippen LogP contribution in [0.1, 0.15) is 22.3 Å². The second kappa shape index (κ2) is 8.31. The first kappa shape index (κ1) is 17.7. The molecule has 0 fully saturated rings. The van der Waals surface area contributed by atoms with Crippen LogP contribution in [0.5, 0.6) is 5.75 Å². The normalized spacial score (nSPS) is 10.2. The molecule has 0 spiro atoms. The van der Waals surface area contributed by atoms with Crippen molar-refractivity contribution in [3.05, 3.63) is 68.7 Å². The van der Waals surface area contributed by atoms with E-state index in [-0.39, 0.29) is 22.2 Å². The van der Waals surface area contributed by atoms with E-state index in [1.165, 1.54) is 18.2 Å². The number of rotatable bonds is 7. The van der Waals surface area contributed by atoms with Crippen molar-refractivity contribution in [3.63, 3.8) is 0 Å². The van der Waals surface area contributed by atoms with Gasteiger partial charge in [-0.3, -0.25) is 14.9 Å². The van der Waals surface area contributed by atoms with Crippen molar-refractivity contribution >= 4 is 23.2 Å². The number of amides is 1. The Morgan fingerprint density at radius 1 is 1.29 bits per heavy atom. The summed E-state index contributed by atoms with van der Waals surface area (Å²) in [5, 5.41) is 13.5. The van der Waals surface area contributed by atoms with Crippen LogP contribution in [-0.4, -0.2) is 24.5 Å². The topological polar surface area (TPSA) is 81.5 Å². The smallest absolute Gasteiger partial charge is 0.270 e. The molecule has 0 atom stereocenters. The number of ether oxygens (including phenoxy) is 1. The Balaban J connectivity index is 1.86. The lowest BCUT2D eigenvalue weighted by Crippen LogP contribution is -2.25. The highest BCUT2D eigenvalue weighted by molar-refractivity contribution is 6.34. The molecule has 0 aromatic heterocycles. The van der Waals surface area contributed by atoms with Gasteiger partial charge >= 0.3 is 0 Å². The van der Waals surface area contributed by atoms with E-state index in [4.69, 9.17) is 16.3 Å². The molecule has 1 N–H and O–H groups in total. The molecule has 6 nitrogen and oxygen atoms in total. The van der Waals surface area contributed by atoms with Gasteiger partial charge in [0.2, 0.25) is 0 Å². The average molecular weight is 349 g/mol. The molecule has 2 aromatic rings. The zero-order valence-electron chi connectivity index (χ0n) is 13.1. The molecule has 0 saturated heterocycles. The summed E-state index contributed by atoms with van der Waals surface area (Å²) < 4.78 is 5.16. The third-order valence-electron chi connectivity index (χ3n) is 3.47. The first-order valence-electron chi connectivity index (χ1n) is 7.36. The van der Waals surface area contributed by atoms with Gasteiger partial charge in [0.25, 0.3) is 11.6 Å². The molecule has 0 radical (unpaired) electrons. The Hall–Kier alpha value is -2.60. The Morgan fingerprint density at radius 2 is 2.08 bits per heavy atom. The number of methoxy groups -OCH3 is 1. The molecule has 0 heterocycles. The van der Waals surface area contributed by atoms with Gasteiger partial charge in [-0.25, -0.2) is 0 Å². The number of nitrogens with one attached hydrogen (secondary N) is 1. The summed E-state index contributed by atoms with van der Waals surface area (Å²) in [4.78, 5) is 22.2. The quantitative estimate of drug-likeness (QED) is 0.470. The van der Waals surface area contributed by atoms with Crippen molar-refractivity contribution in [2.75, 3.05) is 13.7 Å². The van der Waals surface area contributed by atoms with Crippen LogP contribution in [-0.2, 0) is 6.42 Å². The summed E-state index contributed by atoms with van der Waals surface area (Å²) in [5.41, 5.74) is 1.20. The Morgan fingerprint density at radius 3 is 2.75 bits per heavy atom. The van der Waals surface area contributed by atoms with E-state index in [2.05, 4.69) is 5.32 Å². The molecule has 24 heavy (non-hydrogen) atoms. The number of aryl methyl sites for hydroxylation is 1. The van der Waals surface area contributed by atoms with Gasteiger partial charge in [-0.1, -0.05) is 23.7 Å². The van der Waals surface area contributed by atoms with E-state index in [1.807, 2.05) is 24.3 Å². The highest BCUT2D eigenvalue weighted by Crippen LogP contribution is 2.22. The summed E-state index contributed by atoms with van der Waals surface area (Å²) in [5.74, 6) is 0.453. The van der Waals surface area contributed by atoms with Gasteiger partial charge in [-0.2, -0.15) is 0 Å². The molecule has 0 aliphatic rings. The number of carbonyl (C=O) groups excluding carboxylic acids is 1. The first-order chi connectivity index (χ1) is 11.5. The van der Waals surface area contributed by atoms with Gasteiger partial charge in [-0.15, -0.1) is 0 Å². The molecule has 1 amide bonds. The number of benzene rings is 2. The standard InChI is InChI=1S/C17H17ClN2O4/c1-24-14-6-2-4-12(10-14)5-3-9-19-17(21)15-8-7-13(20(22)23)11-16(15)18/h2,4,6-8,10-11H,3,5,9H2,1H3,(H,19,21). The summed E-state index contributed by atoms with van der Waals surface area (Å²) in [6.45, 7) is 0.476. The zero-order chi connectivity index (χ0) is 17.5. The fourth-order valence-electron chi connectivity index (χ4n) is 2.22. The summed E-state index contributed by atoms with van der Waals surface area (Å²) >= 11 is 5.93. The third-order valence-corrected chi connectivity index (χ3v) is 3.78. The van der Waals surface area contributed by atoms with Crippen molar-refractivity contribution in [3.8, 4) is 5.75 Å². The van der Waals surface area contributed by atoms with Crippen LogP contribution >= 0.6 is 11.6 Å². The Kier molecular flexibility index (Phi) is 6.14. The van der Waals surface area contributed by atoms with Crippen LogP contribution < -0.4 is 10.1 Å². The van der Waals surface area contributed by atoms with Gasteiger partial charge in [0, 0.05) is 18.7 Å². The van der Waals surface area contributed by atoms with Crippen LogP contribution in [0.15, 0.2) is 42.5 Å². The van der Waals surface area contributed by atoms with Crippen molar-refractivity contribution in [1.29, 1.82) is 0 Å². The van der Waals surface area contributed by atoms with Crippen molar-refractivity contribution in [2.45, 2.75) is 12.8 Å². The minimum atomic E-state index is -0.554. The third kappa shape index (κ3) is 4.70. The Labute approximate surface area is 144 Å². The minimum Gasteiger partial charge on any atom is -0.497 e. The van der Waals surface area contributed by atoms with E-state index < -0.39 is 4.92 Å². The predicted octanol–water partition coefficient (Wildman–Crippen LogP) is 3.62. The van der Waals surface area contributed by atoms with Crippen LogP contribution in [0.25, 0.3) is 0 Å². The van der Waals surface area contributed by atoms with E-state index >= 15 is 0 Å². The monoisotopic (exact) mass is 348 g/mol. The molecule has 0 saturated carbocycles. The average Bonchev–Trinajstić information content (AvgIpc) is 2.58. The predicted molar refractivity (Wildman–Crippen MR) is 91.8 cm³/mol. The zero-order valence-corrected chi connectivity index (χ0v) is 13.9. The fraction of sp³-hybridized carbons (Fsp3) is 0.235.